The Balaban J connectivity index is 1.31. The fourth-order valence-corrected chi connectivity index (χ4v) is 6.34. The van der Waals surface area contributed by atoms with Crippen molar-refractivity contribution in [2.45, 2.75) is 54.9 Å². The number of aromatic carboxylic acids is 1. The molecule has 0 saturated heterocycles. The van der Waals surface area contributed by atoms with Crippen LogP contribution < -0.4 is 14.2 Å². The molecule has 1 aliphatic heterocycles. The molecule has 4 aromatic rings. The predicted octanol–water partition coefficient (Wildman–Crippen LogP) is 7.62. The zero-order valence-corrected chi connectivity index (χ0v) is 23.1. The number of thioether (sulfide) groups is 1. The largest absolute Gasteiger partial charge is 0.586 e. The van der Waals surface area contributed by atoms with Gasteiger partial charge in [-0.1, -0.05) is 6.07 Å². The molecule has 3 heterocycles. The van der Waals surface area contributed by atoms with Crippen LogP contribution in [0.5, 0.6) is 17.4 Å². The zero-order chi connectivity index (χ0) is 30.5. The van der Waals surface area contributed by atoms with Crippen LogP contribution in [0.25, 0.3) is 5.69 Å². The van der Waals surface area contributed by atoms with Crippen LogP contribution in [0.1, 0.15) is 64.0 Å². The van der Waals surface area contributed by atoms with Crippen molar-refractivity contribution in [2.75, 3.05) is 0 Å². The first-order valence-electron chi connectivity index (χ1n) is 13.1. The molecule has 2 aromatic carbocycles. The minimum atomic E-state index is -4.68. The van der Waals surface area contributed by atoms with Crippen molar-refractivity contribution in [3.63, 3.8) is 0 Å². The smallest absolute Gasteiger partial charge is 0.478 e. The topological polar surface area (TPSA) is 95.7 Å². The summed E-state index contributed by atoms with van der Waals surface area (Å²) >= 11 is 1.34. The first-order valence-corrected chi connectivity index (χ1v) is 14.0. The molecule has 2 aliphatic rings. The van der Waals surface area contributed by atoms with Gasteiger partial charge in [0.1, 0.15) is 6.10 Å². The Hall–Kier alpha value is -4.33. The number of rotatable bonds is 7. The SMILES string of the molecule is C[C@H](Oc1cc(-n2nc(C(F)(F)F)c3c2[C@H](Sc2ccc(C(=O)O)cc2)CCC3)ccn1)c1ccc2c(c1)OC(F)(F)O2. The molecule has 0 fully saturated rings. The van der Waals surface area contributed by atoms with Crippen LogP contribution >= 0.6 is 11.8 Å². The maximum atomic E-state index is 14.1. The maximum absolute atomic E-state index is 14.1. The minimum Gasteiger partial charge on any atom is -0.478 e. The summed E-state index contributed by atoms with van der Waals surface area (Å²) in [7, 11) is 0. The summed E-state index contributed by atoms with van der Waals surface area (Å²) in [6.45, 7) is 1.66. The Morgan fingerprint density at radius 3 is 2.58 bits per heavy atom. The lowest BCUT2D eigenvalue weighted by molar-refractivity contribution is -0.286. The van der Waals surface area contributed by atoms with Gasteiger partial charge < -0.3 is 19.3 Å². The van der Waals surface area contributed by atoms with Crippen molar-refractivity contribution in [3.8, 4) is 23.1 Å². The Morgan fingerprint density at radius 1 is 1.12 bits per heavy atom. The molecule has 0 saturated carbocycles. The summed E-state index contributed by atoms with van der Waals surface area (Å²) in [6, 6.07) is 13.4. The Labute approximate surface area is 245 Å². The van der Waals surface area contributed by atoms with E-state index >= 15 is 0 Å². The Morgan fingerprint density at radius 2 is 1.86 bits per heavy atom. The fraction of sp³-hybridized carbons (Fsp3) is 0.276. The number of aromatic nitrogens is 3. The molecule has 1 aliphatic carbocycles. The summed E-state index contributed by atoms with van der Waals surface area (Å²) < 4.78 is 85.3. The van der Waals surface area contributed by atoms with E-state index in [-0.39, 0.29) is 34.9 Å². The highest BCUT2D eigenvalue weighted by atomic mass is 32.2. The number of ether oxygens (including phenoxy) is 3. The van der Waals surface area contributed by atoms with Gasteiger partial charge in [-0.2, -0.15) is 18.3 Å². The van der Waals surface area contributed by atoms with Crippen molar-refractivity contribution in [1.82, 2.24) is 14.8 Å². The quantitative estimate of drug-likeness (QED) is 0.211. The third-order valence-electron chi connectivity index (χ3n) is 7.02. The van der Waals surface area contributed by atoms with Gasteiger partial charge in [-0.3, -0.25) is 0 Å². The van der Waals surface area contributed by atoms with Gasteiger partial charge in [0.2, 0.25) is 5.88 Å². The number of hydrogen-bond acceptors (Lipinski definition) is 7. The number of carboxylic acids is 1. The minimum absolute atomic E-state index is 0.0788. The van der Waals surface area contributed by atoms with E-state index in [0.29, 0.717) is 34.7 Å². The standard InChI is InChI=1S/C29H22F5N3O5S/c1-15(17-7-10-21-22(13-17)42-29(33,34)41-21)40-24-14-18(11-12-35-24)37-25-20(26(36-37)28(30,31)32)3-2-4-23(25)43-19-8-5-16(6-9-19)27(38)39/h5-15,23H,2-4H2,1H3,(H,38,39)/t15-,23+/m0/s1. The van der Waals surface area contributed by atoms with E-state index in [4.69, 9.17) is 4.74 Å². The predicted molar refractivity (Wildman–Crippen MR) is 143 cm³/mol. The lowest BCUT2D eigenvalue weighted by Crippen LogP contribution is -2.25. The van der Waals surface area contributed by atoms with E-state index < -0.39 is 35.5 Å². The summed E-state index contributed by atoms with van der Waals surface area (Å²) in [4.78, 5) is 16.1. The highest BCUT2D eigenvalue weighted by Gasteiger charge is 2.44. The normalized spacial score (nSPS) is 17.8. The Kier molecular flexibility index (Phi) is 7.19. The van der Waals surface area contributed by atoms with E-state index in [1.54, 1.807) is 19.1 Å². The lowest BCUT2D eigenvalue weighted by atomic mass is 9.95. The van der Waals surface area contributed by atoms with Crippen LogP contribution in [-0.4, -0.2) is 32.1 Å². The molecule has 224 valence electrons. The van der Waals surface area contributed by atoms with Crippen molar-refractivity contribution >= 4 is 17.7 Å². The molecule has 43 heavy (non-hydrogen) atoms. The van der Waals surface area contributed by atoms with Gasteiger partial charge in [-0.25, -0.2) is 14.5 Å². The van der Waals surface area contributed by atoms with Crippen molar-refractivity contribution in [2.24, 2.45) is 0 Å². The molecule has 2 atom stereocenters. The molecule has 0 amide bonds. The van der Waals surface area contributed by atoms with Crippen molar-refractivity contribution < 1.29 is 46.1 Å². The van der Waals surface area contributed by atoms with Crippen LogP contribution in [0, 0.1) is 0 Å². The monoisotopic (exact) mass is 619 g/mol. The van der Waals surface area contributed by atoms with E-state index in [0.717, 1.165) is 0 Å². The molecular weight excluding hydrogens is 597 g/mol. The van der Waals surface area contributed by atoms with Gasteiger partial charge in [0.05, 0.1) is 22.2 Å². The van der Waals surface area contributed by atoms with Gasteiger partial charge in [0, 0.05) is 22.7 Å². The number of nitrogens with zero attached hydrogens (tertiary/aromatic N) is 3. The molecule has 2 aromatic heterocycles. The first kappa shape index (κ1) is 28.8. The van der Waals surface area contributed by atoms with Crippen molar-refractivity contribution in [1.29, 1.82) is 0 Å². The van der Waals surface area contributed by atoms with Gasteiger partial charge in [0.15, 0.2) is 17.2 Å². The van der Waals surface area contributed by atoms with E-state index in [1.165, 1.54) is 65.1 Å². The van der Waals surface area contributed by atoms with Crippen LogP contribution in [-0.2, 0) is 12.6 Å². The van der Waals surface area contributed by atoms with Crippen LogP contribution in [0.3, 0.4) is 0 Å². The maximum Gasteiger partial charge on any atom is 0.586 e. The molecule has 1 N–H and O–H groups in total. The first-order chi connectivity index (χ1) is 20.4. The highest BCUT2D eigenvalue weighted by molar-refractivity contribution is 7.99. The molecule has 0 unspecified atom stereocenters. The van der Waals surface area contributed by atoms with Crippen LogP contribution in [0.4, 0.5) is 22.0 Å². The van der Waals surface area contributed by atoms with Crippen LogP contribution in [0.2, 0.25) is 0 Å². The summed E-state index contributed by atoms with van der Waals surface area (Å²) in [5.41, 5.74) is 0.432. The summed E-state index contributed by atoms with van der Waals surface area (Å²) in [5.74, 6) is -1.26. The molecule has 6 rings (SSSR count). The van der Waals surface area contributed by atoms with E-state index in [2.05, 4.69) is 19.6 Å². The second kappa shape index (κ2) is 10.7. The second-order valence-corrected chi connectivity index (χ2v) is 11.2. The number of halogens is 5. The van der Waals surface area contributed by atoms with Gasteiger partial charge >= 0.3 is 18.4 Å². The van der Waals surface area contributed by atoms with Gasteiger partial charge in [0.25, 0.3) is 0 Å². The molecule has 14 heteroatoms. The number of alkyl halides is 5. The molecular formula is C29H22F5N3O5S. The number of fused-ring (bicyclic) bond motifs is 2. The average Bonchev–Trinajstić information content (AvgIpc) is 3.50. The van der Waals surface area contributed by atoms with Gasteiger partial charge in [-0.15, -0.1) is 20.5 Å². The molecule has 0 spiro atoms. The van der Waals surface area contributed by atoms with E-state index in [1.807, 2.05) is 0 Å². The average molecular weight is 620 g/mol. The Bertz CT molecular complexity index is 1690. The van der Waals surface area contributed by atoms with Gasteiger partial charge in [-0.05, 0) is 74.2 Å². The van der Waals surface area contributed by atoms with Crippen molar-refractivity contribution in [3.05, 3.63) is 88.9 Å². The summed E-state index contributed by atoms with van der Waals surface area (Å²) in [6.07, 6.45) is -6.45. The fourth-order valence-electron chi connectivity index (χ4n) is 5.08. The third kappa shape index (κ3) is 5.83. The highest BCUT2D eigenvalue weighted by Crippen LogP contribution is 2.48. The van der Waals surface area contributed by atoms with Crippen LogP contribution in [0.15, 0.2) is 65.7 Å². The number of hydrogen-bond donors (Lipinski definition) is 1. The number of carboxylic acid groups (broad SMARTS) is 1. The van der Waals surface area contributed by atoms with E-state index in [9.17, 15) is 31.9 Å². The summed E-state index contributed by atoms with van der Waals surface area (Å²) in [5, 5.41) is 12.8. The molecule has 8 nitrogen and oxygen atoms in total. The number of benzene rings is 2. The number of pyridine rings is 1. The molecule has 0 bridgehead atoms. The second-order valence-electron chi connectivity index (χ2n) is 9.94. The molecule has 0 radical (unpaired) electrons. The lowest BCUT2D eigenvalue weighted by Gasteiger charge is -2.24. The number of carbonyl (C=O) groups is 1. The zero-order valence-electron chi connectivity index (χ0n) is 22.3. The third-order valence-corrected chi connectivity index (χ3v) is 8.31.